The van der Waals surface area contributed by atoms with Gasteiger partial charge in [0.25, 0.3) is 0 Å². The molecule has 1 aromatic rings. The van der Waals surface area contributed by atoms with Gasteiger partial charge in [0, 0.05) is 13.1 Å². The second-order valence-electron chi connectivity index (χ2n) is 3.79. The molecule has 2 amide bonds. The van der Waals surface area contributed by atoms with E-state index >= 15 is 0 Å². The molecule has 0 fully saturated rings. The molecule has 0 atom stereocenters. The van der Waals surface area contributed by atoms with Crippen molar-refractivity contribution < 1.29 is 19.8 Å². The standard InChI is InChI=1S/C12H14Cl2N2O4/c13-8-2-1-3-9(14)10(8)15-11(19)12(20)16(4-6-17)5-7-18/h1-3,17-18H,4-7H2,(H,15,19). The molecule has 0 saturated heterocycles. The topological polar surface area (TPSA) is 89.9 Å². The zero-order chi connectivity index (χ0) is 15.1. The van der Waals surface area contributed by atoms with Crippen LogP contribution in [0.5, 0.6) is 0 Å². The lowest BCUT2D eigenvalue weighted by molar-refractivity contribution is -0.143. The van der Waals surface area contributed by atoms with Crippen LogP contribution in [0.2, 0.25) is 10.0 Å². The molecule has 20 heavy (non-hydrogen) atoms. The predicted octanol–water partition coefficient (Wildman–Crippen LogP) is 0.745. The molecule has 0 aliphatic rings. The van der Waals surface area contributed by atoms with Crippen LogP contribution in [-0.2, 0) is 9.59 Å². The van der Waals surface area contributed by atoms with Crippen molar-refractivity contribution in [3.05, 3.63) is 28.2 Å². The highest BCUT2D eigenvalue weighted by Crippen LogP contribution is 2.29. The van der Waals surface area contributed by atoms with Gasteiger partial charge >= 0.3 is 11.8 Å². The van der Waals surface area contributed by atoms with Crippen LogP contribution in [-0.4, -0.2) is 53.2 Å². The smallest absolute Gasteiger partial charge is 0.313 e. The van der Waals surface area contributed by atoms with Crippen LogP contribution >= 0.6 is 23.2 Å². The number of halogens is 2. The summed E-state index contributed by atoms with van der Waals surface area (Å²) in [5.74, 6) is -1.83. The van der Waals surface area contributed by atoms with Gasteiger partial charge in [-0.15, -0.1) is 0 Å². The first-order valence-electron chi connectivity index (χ1n) is 5.77. The summed E-state index contributed by atoms with van der Waals surface area (Å²) >= 11 is 11.8. The Morgan fingerprint density at radius 2 is 1.60 bits per heavy atom. The second kappa shape index (κ2) is 8.06. The third-order valence-electron chi connectivity index (χ3n) is 2.42. The molecule has 110 valence electrons. The molecule has 1 aromatic carbocycles. The Labute approximate surface area is 125 Å². The normalized spacial score (nSPS) is 10.2. The second-order valence-corrected chi connectivity index (χ2v) is 4.60. The first-order chi connectivity index (χ1) is 9.51. The summed E-state index contributed by atoms with van der Waals surface area (Å²) in [6.07, 6.45) is 0. The van der Waals surface area contributed by atoms with Gasteiger partial charge in [0.15, 0.2) is 0 Å². The van der Waals surface area contributed by atoms with Crippen molar-refractivity contribution in [1.82, 2.24) is 4.90 Å². The van der Waals surface area contributed by atoms with Crippen molar-refractivity contribution in [2.24, 2.45) is 0 Å². The number of aliphatic hydroxyl groups is 2. The Morgan fingerprint density at radius 3 is 2.05 bits per heavy atom. The van der Waals surface area contributed by atoms with Crippen molar-refractivity contribution in [3.63, 3.8) is 0 Å². The molecule has 0 radical (unpaired) electrons. The molecule has 0 heterocycles. The van der Waals surface area contributed by atoms with Crippen LogP contribution in [0.4, 0.5) is 5.69 Å². The number of rotatable bonds is 5. The number of hydrogen-bond acceptors (Lipinski definition) is 4. The molecule has 0 bridgehead atoms. The van der Waals surface area contributed by atoms with Crippen molar-refractivity contribution >= 4 is 40.7 Å². The van der Waals surface area contributed by atoms with Crippen LogP contribution in [0.25, 0.3) is 0 Å². The van der Waals surface area contributed by atoms with Gasteiger partial charge in [-0.2, -0.15) is 0 Å². The van der Waals surface area contributed by atoms with Crippen molar-refractivity contribution in [2.75, 3.05) is 31.6 Å². The van der Waals surface area contributed by atoms with Gasteiger partial charge < -0.3 is 20.4 Å². The molecule has 8 heteroatoms. The van der Waals surface area contributed by atoms with Crippen LogP contribution < -0.4 is 5.32 Å². The molecular weight excluding hydrogens is 307 g/mol. The lowest BCUT2D eigenvalue weighted by Crippen LogP contribution is -2.42. The molecule has 0 aliphatic carbocycles. The van der Waals surface area contributed by atoms with Gasteiger partial charge in [-0.25, -0.2) is 0 Å². The van der Waals surface area contributed by atoms with Gasteiger partial charge in [-0.3, -0.25) is 9.59 Å². The Hall–Kier alpha value is -1.34. The Bertz CT molecular complexity index is 470. The van der Waals surface area contributed by atoms with Gasteiger partial charge in [-0.05, 0) is 12.1 Å². The van der Waals surface area contributed by atoms with E-state index in [0.29, 0.717) is 0 Å². The molecule has 0 aromatic heterocycles. The van der Waals surface area contributed by atoms with E-state index in [0.717, 1.165) is 4.90 Å². The van der Waals surface area contributed by atoms with Crippen LogP contribution in [0.3, 0.4) is 0 Å². The minimum absolute atomic E-state index is 0.0525. The van der Waals surface area contributed by atoms with E-state index in [4.69, 9.17) is 33.4 Å². The lowest BCUT2D eigenvalue weighted by atomic mass is 10.3. The Balaban J connectivity index is 2.81. The van der Waals surface area contributed by atoms with Gasteiger partial charge in [0.2, 0.25) is 0 Å². The minimum Gasteiger partial charge on any atom is -0.395 e. The summed E-state index contributed by atoms with van der Waals surface area (Å²) < 4.78 is 0. The number of nitrogens with zero attached hydrogens (tertiary/aromatic N) is 1. The largest absolute Gasteiger partial charge is 0.395 e. The highest BCUT2D eigenvalue weighted by atomic mass is 35.5. The fourth-order valence-corrected chi connectivity index (χ4v) is 1.98. The first kappa shape index (κ1) is 16.7. The van der Waals surface area contributed by atoms with E-state index in [1.807, 2.05) is 0 Å². The SMILES string of the molecule is O=C(Nc1c(Cl)cccc1Cl)C(=O)N(CCO)CCO. The summed E-state index contributed by atoms with van der Waals surface area (Å²) in [6, 6.07) is 4.64. The van der Waals surface area contributed by atoms with Crippen molar-refractivity contribution in [2.45, 2.75) is 0 Å². The molecule has 1 rings (SSSR count). The summed E-state index contributed by atoms with van der Waals surface area (Å²) in [5, 5.41) is 20.4. The average Bonchev–Trinajstić information content (AvgIpc) is 2.42. The van der Waals surface area contributed by atoms with E-state index < -0.39 is 11.8 Å². The number of carbonyl (C=O) groups excluding carboxylic acids is 2. The van der Waals surface area contributed by atoms with E-state index in [-0.39, 0.29) is 42.0 Å². The first-order valence-corrected chi connectivity index (χ1v) is 6.52. The molecule has 0 aliphatic heterocycles. The number of aliphatic hydroxyl groups excluding tert-OH is 2. The Morgan fingerprint density at radius 1 is 1.10 bits per heavy atom. The monoisotopic (exact) mass is 320 g/mol. The fourth-order valence-electron chi connectivity index (χ4n) is 1.48. The maximum Gasteiger partial charge on any atom is 0.313 e. The Kier molecular flexibility index (Phi) is 6.74. The van der Waals surface area contributed by atoms with E-state index in [1.54, 1.807) is 6.07 Å². The van der Waals surface area contributed by atoms with Gasteiger partial charge in [-0.1, -0.05) is 29.3 Å². The predicted molar refractivity (Wildman–Crippen MR) is 75.8 cm³/mol. The number of nitrogens with one attached hydrogen (secondary N) is 1. The summed E-state index contributed by atoms with van der Waals surface area (Å²) in [4.78, 5) is 24.7. The third-order valence-corrected chi connectivity index (χ3v) is 3.05. The fraction of sp³-hybridized carbons (Fsp3) is 0.333. The van der Waals surface area contributed by atoms with Crippen LogP contribution in [0.1, 0.15) is 0 Å². The number of hydrogen-bond donors (Lipinski definition) is 3. The zero-order valence-electron chi connectivity index (χ0n) is 10.5. The zero-order valence-corrected chi connectivity index (χ0v) is 12.0. The average molecular weight is 321 g/mol. The molecule has 0 saturated carbocycles. The molecular formula is C12H14Cl2N2O4. The molecule has 0 spiro atoms. The third kappa shape index (κ3) is 4.35. The van der Waals surface area contributed by atoms with Gasteiger partial charge in [0.1, 0.15) is 0 Å². The van der Waals surface area contributed by atoms with E-state index in [2.05, 4.69) is 5.32 Å². The lowest BCUT2D eigenvalue weighted by Gasteiger charge is -2.20. The van der Waals surface area contributed by atoms with Crippen LogP contribution in [0.15, 0.2) is 18.2 Å². The number of para-hydroxylation sites is 1. The van der Waals surface area contributed by atoms with Crippen molar-refractivity contribution in [3.8, 4) is 0 Å². The maximum absolute atomic E-state index is 11.9. The van der Waals surface area contributed by atoms with Crippen molar-refractivity contribution in [1.29, 1.82) is 0 Å². The highest BCUT2D eigenvalue weighted by Gasteiger charge is 2.22. The summed E-state index contributed by atoms with van der Waals surface area (Å²) in [7, 11) is 0. The maximum atomic E-state index is 11.9. The van der Waals surface area contributed by atoms with Gasteiger partial charge in [0.05, 0.1) is 28.9 Å². The number of amides is 2. The number of benzene rings is 1. The number of carbonyl (C=O) groups is 2. The highest BCUT2D eigenvalue weighted by molar-refractivity contribution is 6.44. The summed E-state index contributed by atoms with van der Waals surface area (Å²) in [6.45, 7) is -0.732. The minimum atomic E-state index is -0.943. The molecule has 3 N–H and O–H groups in total. The van der Waals surface area contributed by atoms with Crippen LogP contribution in [0, 0.1) is 0 Å². The number of anilines is 1. The van der Waals surface area contributed by atoms with E-state index in [9.17, 15) is 9.59 Å². The van der Waals surface area contributed by atoms with E-state index in [1.165, 1.54) is 12.1 Å². The quantitative estimate of drug-likeness (QED) is 0.698. The molecule has 0 unspecified atom stereocenters. The summed E-state index contributed by atoms with van der Waals surface area (Å²) in [5.41, 5.74) is 0.141. The molecule has 6 nitrogen and oxygen atoms in total.